The first kappa shape index (κ1) is 20.3. The van der Waals surface area contributed by atoms with Crippen molar-refractivity contribution in [2.24, 2.45) is 4.99 Å². The Balaban J connectivity index is 2.10. The van der Waals surface area contributed by atoms with Crippen LogP contribution in [-0.2, 0) is 16.0 Å². The fraction of sp³-hybridized carbons (Fsp3) is 0.611. The molecular formula is C18H31N3O3. The van der Waals surface area contributed by atoms with Crippen LogP contribution in [0.1, 0.15) is 25.3 Å². The Morgan fingerprint density at radius 3 is 2.58 bits per heavy atom. The van der Waals surface area contributed by atoms with E-state index in [1.807, 2.05) is 24.3 Å². The molecule has 0 aliphatic heterocycles. The summed E-state index contributed by atoms with van der Waals surface area (Å²) in [5, 5.41) is 6.49. The van der Waals surface area contributed by atoms with E-state index in [2.05, 4.69) is 22.5 Å². The van der Waals surface area contributed by atoms with E-state index in [-0.39, 0.29) is 0 Å². The third-order valence-electron chi connectivity index (χ3n) is 3.37. The predicted octanol–water partition coefficient (Wildman–Crippen LogP) is 2.19. The second-order valence-electron chi connectivity index (χ2n) is 5.28. The molecule has 136 valence electrons. The third kappa shape index (κ3) is 9.37. The van der Waals surface area contributed by atoms with Crippen molar-refractivity contribution in [2.75, 3.05) is 47.1 Å². The van der Waals surface area contributed by atoms with Crippen LogP contribution in [0.5, 0.6) is 5.75 Å². The number of hydrogen-bond acceptors (Lipinski definition) is 4. The Kier molecular flexibility index (Phi) is 11.5. The molecule has 0 aliphatic carbocycles. The van der Waals surface area contributed by atoms with Crippen LogP contribution in [0, 0.1) is 0 Å². The monoisotopic (exact) mass is 337 g/mol. The number of unbranched alkanes of at least 4 members (excludes halogenated alkanes) is 1. The van der Waals surface area contributed by atoms with Crippen molar-refractivity contribution in [1.29, 1.82) is 0 Å². The minimum atomic E-state index is 0.622. The van der Waals surface area contributed by atoms with Gasteiger partial charge in [-0.1, -0.05) is 25.5 Å². The van der Waals surface area contributed by atoms with Crippen molar-refractivity contribution < 1.29 is 14.2 Å². The van der Waals surface area contributed by atoms with Gasteiger partial charge in [-0.25, -0.2) is 0 Å². The summed E-state index contributed by atoms with van der Waals surface area (Å²) < 4.78 is 16.2. The number of hydrogen-bond donors (Lipinski definition) is 2. The molecule has 0 aromatic heterocycles. The topological polar surface area (TPSA) is 64.1 Å². The number of nitrogens with zero attached hydrogens (tertiary/aromatic N) is 1. The molecule has 0 spiro atoms. The van der Waals surface area contributed by atoms with Gasteiger partial charge in [0.2, 0.25) is 0 Å². The van der Waals surface area contributed by atoms with Crippen molar-refractivity contribution in [3.05, 3.63) is 29.8 Å². The molecule has 2 N–H and O–H groups in total. The number of guanidine groups is 1. The van der Waals surface area contributed by atoms with Crippen molar-refractivity contribution >= 4 is 5.96 Å². The van der Waals surface area contributed by atoms with E-state index < -0.39 is 0 Å². The van der Waals surface area contributed by atoms with Gasteiger partial charge >= 0.3 is 0 Å². The summed E-state index contributed by atoms with van der Waals surface area (Å²) in [7, 11) is 3.42. The van der Waals surface area contributed by atoms with Crippen molar-refractivity contribution in [2.45, 2.75) is 26.3 Å². The highest BCUT2D eigenvalue weighted by atomic mass is 16.5. The first-order valence-electron chi connectivity index (χ1n) is 8.53. The summed E-state index contributed by atoms with van der Waals surface area (Å²) in [5.41, 5.74) is 1.14. The summed E-state index contributed by atoms with van der Waals surface area (Å²) in [6.07, 6.45) is 2.27. The van der Waals surface area contributed by atoms with Crippen molar-refractivity contribution in [1.82, 2.24) is 10.6 Å². The maximum atomic E-state index is 5.52. The number of ether oxygens (including phenoxy) is 3. The van der Waals surface area contributed by atoms with Gasteiger partial charge in [0.05, 0.1) is 26.9 Å². The fourth-order valence-electron chi connectivity index (χ4n) is 2.00. The Labute approximate surface area is 145 Å². The summed E-state index contributed by atoms with van der Waals surface area (Å²) in [6.45, 7) is 6.26. The van der Waals surface area contributed by atoms with E-state index in [0.717, 1.165) is 36.7 Å². The highest BCUT2D eigenvalue weighted by molar-refractivity contribution is 5.79. The van der Waals surface area contributed by atoms with Gasteiger partial charge in [-0.15, -0.1) is 0 Å². The lowest BCUT2D eigenvalue weighted by Crippen LogP contribution is -2.38. The summed E-state index contributed by atoms with van der Waals surface area (Å²) in [4.78, 5) is 4.20. The van der Waals surface area contributed by atoms with Crippen LogP contribution in [0.25, 0.3) is 0 Å². The number of rotatable bonds is 12. The van der Waals surface area contributed by atoms with E-state index in [9.17, 15) is 0 Å². The van der Waals surface area contributed by atoms with Crippen molar-refractivity contribution in [3.8, 4) is 5.75 Å². The molecule has 0 saturated heterocycles. The molecule has 0 atom stereocenters. The molecule has 0 heterocycles. The lowest BCUT2D eigenvalue weighted by atomic mass is 10.2. The first-order valence-corrected chi connectivity index (χ1v) is 8.53. The van der Waals surface area contributed by atoms with Crippen LogP contribution >= 0.6 is 0 Å². The molecule has 24 heavy (non-hydrogen) atoms. The third-order valence-corrected chi connectivity index (χ3v) is 3.37. The quantitative estimate of drug-likeness (QED) is 0.348. The maximum Gasteiger partial charge on any atom is 0.191 e. The molecular weight excluding hydrogens is 306 g/mol. The smallest absolute Gasteiger partial charge is 0.191 e. The van der Waals surface area contributed by atoms with Gasteiger partial charge in [0.15, 0.2) is 5.96 Å². The summed E-state index contributed by atoms with van der Waals surface area (Å²) >= 11 is 0. The van der Waals surface area contributed by atoms with Gasteiger partial charge in [0.1, 0.15) is 5.75 Å². The van der Waals surface area contributed by atoms with Crippen LogP contribution in [0.15, 0.2) is 29.3 Å². The van der Waals surface area contributed by atoms with Crippen LogP contribution < -0.4 is 15.4 Å². The molecule has 1 rings (SSSR count). The Bertz CT molecular complexity index is 467. The second-order valence-corrected chi connectivity index (χ2v) is 5.28. The average molecular weight is 337 g/mol. The van der Waals surface area contributed by atoms with E-state index in [4.69, 9.17) is 14.2 Å². The molecule has 0 unspecified atom stereocenters. The Hall–Kier alpha value is -1.79. The highest BCUT2D eigenvalue weighted by Crippen LogP contribution is 2.11. The van der Waals surface area contributed by atoms with Gasteiger partial charge < -0.3 is 24.8 Å². The molecule has 6 nitrogen and oxygen atoms in total. The van der Waals surface area contributed by atoms with Gasteiger partial charge in [0, 0.05) is 26.7 Å². The Morgan fingerprint density at radius 1 is 1.08 bits per heavy atom. The minimum absolute atomic E-state index is 0.622. The molecule has 1 aromatic rings. The van der Waals surface area contributed by atoms with Crippen LogP contribution in [0.2, 0.25) is 0 Å². The standard InChI is InChI=1S/C18H31N3O3/c1-4-5-10-23-12-13-24-11-9-20-18(19-2)21-15-16-7-6-8-17(14-16)22-3/h6-8,14H,4-5,9-13,15H2,1-3H3,(H2,19,20,21). The lowest BCUT2D eigenvalue weighted by Gasteiger charge is -2.12. The SMILES string of the molecule is CCCCOCCOCCNC(=NC)NCc1cccc(OC)c1. The molecule has 0 radical (unpaired) electrons. The second kappa shape index (κ2) is 13.6. The molecule has 0 bridgehead atoms. The van der Waals surface area contributed by atoms with Gasteiger partial charge in [-0.3, -0.25) is 4.99 Å². The zero-order valence-electron chi connectivity index (χ0n) is 15.1. The molecule has 0 amide bonds. The summed E-state index contributed by atoms with van der Waals surface area (Å²) in [6, 6.07) is 7.95. The van der Waals surface area contributed by atoms with E-state index in [1.165, 1.54) is 0 Å². The zero-order valence-corrected chi connectivity index (χ0v) is 15.1. The molecule has 0 aliphatic rings. The van der Waals surface area contributed by atoms with Crippen LogP contribution in [0.3, 0.4) is 0 Å². The van der Waals surface area contributed by atoms with E-state index in [0.29, 0.717) is 32.9 Å². The van der Waals surface area contributed by atoms with E-state index in [1.54, 1.807) is 14.2 Å². The maximum absolute atomic E-state index is 5.52. The fourth-order valence-corrected chi connectivity index (χ4v) is 2.00. The molecule has 1 aromatic carbocycles. The number of nitrogens with one attached hydrogen (secondary N) is 2. The molecule has 0 saturated carbocycles. The zero-order chi connectivity index (χ0) is 17.5. The minimum Gasteiger partial charge on any atom is -0.497 e. The highest BCUT2D eigenvalue weighted by Gasteiger charge is 1.99. The molecule has 0 fully saturated rings. The van der Waals surface area contributed by atoms with Gasteiger partial charge in [-0.05, 0) is 24.1 Å². The predicted molar refractivity (Wildman–Crippen MR) is 97.7 cm³/mol. The largest absolute Gasteiger partial charge is 0.497 e. The van der Waals surface area contributed by atoms with Crippen LogP contribution in [-0.4, -0.2) is 53.1 Å². The van der Waals surface area contributed by atoms with E-state index >= 15 is 0 Å². The number of methoxy groups -OCH3 is 1. The average Bonchev–Trinajstić information content (AvgIpc) is 2.63. The summed E-state index contributed by atoms with van der Waals surface area (Å²) in [5.74, 6) is 1.60. The Morgan fingerprint density at radius 2 is 1.88 bits per heavy atom. The van der Waals surface area contributed by atoms with Crippen molar-refractivity contribution in [3.63, 3.8) is 0 Å². The first-order chi connectivity index (χ1) is 11.8. The normalized spacial score (nSPS) is 11.4. The van der Waals surface area contributed by atoms with Gasteiger partial charge in [0.25, 0.3) is 0 Å². The van der Waals surface area contributed by atoms with Gasteiger partial charge in [-0.2, -0.15) is 0 Å². The molecule has 6 heteroatoms. The number of aliphatic imine (C=N–C) groups is 1. The van der Waals surface area contributed by atoms with Crippen LogP contribution in [0.4, 0.5) is 0 Å². The number of benzene rings is 1. The lowest BCUT2D eigenvalue weighted by molar-refractivity contribution is 0.0487.